The van der Waals surface area contributed by atoms with Gasteiger partial charge in [0, 0.05) is 13.4 Å². The monoisotopic (exact) mass is 842 g/mol. The molecule has 0 saturated carbocycles. The van der Waals surface area contributed by atoms with Crippen LogP contribution in [0.25, 0.3) is 0 Å². The first-order valence-electron chi connectivity index (χ1n) is 10.6. The molecule has 3 aromatic rings. The van der Waals surface area contributed by atoms with Crippen LogP contribution in [0.1, 0.15) is 20.8 Å². The van der Waals surface area contributed by atoms with E-state index in [9.17, 15) is 0 Å². The first kappa shape index (κ1) is 28.6. The molecule has 0 atom stereocenters. The molecule has 0 radical (unpaired) electrons. The van der Waals surface area contributed by atoms with Crippen molar-refractivity contribution in [1.82, 2.24) is 0 Å². The predicted molar refractivity (Wildman–Crippen MR) is 164 cm³/mol. The van der Waals surface area contributed by atoms with Crippen LogP contribution < -0.4 is 30.6 Å². The second kappa shape index (κ2) is 13.0. The lowest BCUT2D eigenvalue weighted by Gasteiger charge is -2.23. The van der Waals surface area contributed by atoms with Gasteiger partial charge in [0.1, 0.15) is 17.2 Å². The van der Waals surface area contributed by atoms with Gasteiger partial charge < -0.3 is 14.2 Å². The van der Waals surface area contributed by atoms with Gasteiger partial charge in [0.15, 0.2) is 0 Å². The van der Waals surface area contributed by atoms with Gasteiger partial charge in [0.05, 0.1) is 33.2 Å². The first-order valence-corrected chi connectivity index (χ1v) is 15.3. The molecule has 180 valence electrons. The average Bonchev–Trinajstić information content (AvgIpc) is 2.77. The molecule has 3 aromatic carbocycles. The molecule has 0 aromatic heterocycles. The molecule has 0 bridgehead atoms. The van der Waals surface area contributed by atoms with Gasteiger partial charge in [-0.05, 0) is 105 Å². The van der Waals surface area contributed by atoms with E-state index >= 15 is 0 Å². The second-order valence-corrected chi connectivity index (χ2v) is 12.3. The largest absolute Gasteiger partial charge is 0.493 e. The van der Waals surface area contributed by atoms with E-state index in [1.165, 1.54) is 0 Å². The van der Waals surface area contributed by atoms with E-state index < -0.39 is 0 Å². The molecule has 0 aliphatic rings. The molecule has 3 nitrogen and oxygen atoms in total. The predicted octanol–water partition coefficient (Wildman–Crippen LogP) is 7.97. The summed E-state index contributed by atoms with van der Waals surface area (Å²) in [7, 11) is 0. The van der Waals surface area contributed by atoms with Gasteiger partial charge in [-0.3, -0.25) is 0 Å². The zero-order valence-corrected chi connectivity index (χ0v) is 28.2. The highest BCUT2D eigenvalue weighted by Gasteiger charge is 2.31. The Hall–Kier alpha value is 0.00494. The first-order chi connectivity index (χ1) is 16.2. The number of rotatable bonds is 9. The van der Waals surface area contributed by atoms with Crippen LogP contribution in [0.15, 0.2) is 63.2 Å². The second-order valence-electron chi connectivity index (χ2n) is 7.14. The Balaban J connectivity index is 2.37. The molecule has 34 heavy (non-hydrogen) atoms. The van der Waals surface area contributed by atoms with Gasteiger partial charge in [-0.1, -0.05) is 64.2 Å². The summed E-state index contributed by atoms with van der Waals surface area (Å²) >= 11 is 22.3. The van der Waals surface area contributed by atoms with Crippen molar-refractivity contribution in [3.8, 4) is 17.2 Å². The van der Waals surface area contributed by atoms with E-state index in [0.29, 0.717) is 19.8 Å². The molecule has 0 aliphatic carbocycles. The fraction of sp³-hybridized carbons (Fsp3) is 0.250. The van der Waals surface area contributed by atoms with Crippen molar-refractivity contribution in [3.05, 3.63) is 63.2 Å². The molecule has 0 heterocycles. The molecule has 0 aliphatic heterocycles. The summed E-state index contributed by atoms with van der Waals surface area (Å²) in [5.41, 5.74) is 3.13. The number of hydrogen-bond acceptors (Lipinski definition) is 3. The smallest absolute Gasteiger partial charge is 0.246 e. The quantitative estimate of drug-likeness (QED) is 0.205. The van der Waals surface area contributed by atoms with E-state index in [-0.39, 0.29) is 6.71 Å². The van der Waals surface area contributed by atoms with Crippen LogP contribution in [0, 0.1) is 0 Å². The summed E-state index contributed by atoms with van der Waals surface area (Å²) in [4.78, 5) is 0. The van der Waals surface area contributed by atoms with Crippen LogP contribution >= 0.6 is 95.6 Å². The van der Waals surface area contributed by atoms with Crippen LogP contribution in [0.2, 0.25) is 0 Å². The summed E-state index contributed by atoms with van der Waals surface area (Å²) in [5, 5.41) is 0. The minimum Gasteiger partial charge on any atom is -0.493 e. The minimum atomic E-state index is -0.176. The lowest BCUT2D eigenvalue weighted by Crippen LogP contribution is -2.53. The van der Waals surface area contributed by atoms with Crippen molar-refractivity contribution in [3.63, 3.8) is 0 Å². The van der Waals surface area contributed by atoms with Crippen LogP contribution in [0.5, 0.6) is 17.2 Å². The zero-order valence-electron chi connectivity index (χ0n) is 18.7. The van der Waals surface area contributed by atoms with Gasteiger partial charge in [-0.2, -0.15) is 0 Å². The third-order valence-electron chi connectivity index (χ3n) is 4.99. The SMILES string of the molecule is CCOc1cc(B(c2cc(OCC)c(Br)cc2Br)c2cc(OCC)c(Br)cc2Br)c(Br)cc1Br. The Morgan fingerprint density at radius 1 is 0.471 bits per heavy atom. The summed E-state index contributed by atoms with van der Waals surface area (Å²) in [5.74, 6) is 2.34. The normalized spacial score (nSPS) is 10.9. The molecule has 3 rings (SSSR count). The highest BCUT2D eigenvalue weighted by atomic mass is 79.9. The lowest BCUT2D eigenvalue weighted by atomic mass is 9.36. The van der Waals surface area contributed by atoms with E-state index in [0.717, 1.165) is 60.5 Å². The van der Waals surface area contributed by atoms with Crippen molar-refractivity contribution >= 4 is 119 Å². The molecular weight excluding hydrogens is 826 g/mol. The van der Waals surface area contributed by atoms with E-state index in [1.807, 2.05) is 39.0 Å². The molecule has 10 heteroatoms. The molecule has 0 fully saturated rings. The Morgan fingerprint density at radius 2 is 0.735 bits per heavy atom. The molecule has 0 saturated heterocycles. The third kappa shape index (κ3) is 6.46. The van der Waals surface area contributed by atoms with Crippen molar-refractivity contribution < 1.29 is 14.2 Å². The van der Waals surface area contributed by atoms with Crippen LogP contribution in [-0.4, -0.2) is 26.5 Å². The van der Waals surface area contributed by atoms with E-state index in [4.69, 9.17) is 14.2 Å². The van der Waals surface area contributed by atoms with Crippen LogP contribution in [0.4, 0.5) is 0 Å². The highest BCUT2D eigenvalue weighted by molar-refractivity contribution is 9.12. The maximum Gasteiger partial charge on any atom is 0.246 e. The molecule has 0 spiro atoms. The standard InChI is InChI=1S/C24H21BBr6O3/c1-4-32-22-7-13(16(26)10-19(22)29)25(14-8-23(33-5-2)20(30)11-17(14)27)15-9-24(34-6-3)21(31)12-18(15)28/h7-12H,4-6H2,1-3H3. The summed E-state index contributed by atoms with van der Waals surface area (Å²) in [6.45, 7) is 7.46. The van der Waals surface area contributed by atoms with Crippen molar-refractivity contribution in [2.75, 3.05) is 19.8 Å². The maximum absolute atomic E-state index is 5.92. The summed E-state index contributed by atoms with van der Waals surface area (Å²) < 4.78 is 23.3. The third-order valence-corrected chi connectivity index (χ3v) is 8.91. The Bertz CT molecular complexity index is 1040. The Labute approximate surface area is 251 Å². The number of halogens is 6. The molecule has 0 amide bonds. The number of hydrogen-bond donors (Lipinski definition) is 0. The van der Waals surface area contributed by atoms with Crippen molar-refractivity contribution in [2.24, 2.45) is 0 Å². The van der Waals surface area contributed by atoms with E-state index in [1.54, 1.807) is 0 Å². The van der Waals surface area contributed by atoms with Gasteiger partial charge in [-0.25, -0.2) is 0 Å². The van der Waals surface area contributed by atoms with Crippen molar-refractivity contribution in [2.45, 2.75) is 20.8 Å². The van der Waals surface area contributed by atoms with Crippen LogP contribution in [0.3, 0.4) is 0 Å². The van der Waals surface area contributed by atoms with Gasteiger partial charge in [0.25, 0.3) is 0 Å². The fourth-order valence-electron chi connectivity index (χ4n) is 3.60. The summed E-state index contributed by atoms with van der Waals surface area (Å²) in [6, 6.07) is 12.3. The number of ether oxygens (including phenoxy) is 3. The van der Waals surface area contributed by atoms with Crippen LogP contribution in [-0.2, 0) is 0 Å². The number of benzene rings is 3. The maximum atomic E-state index is 5.92. The lowest BCUT2D eigenvalue weighted by molar-refractivity contribution is 0.338. The van der Waals surface area contributed by atoms with E-state index in [2.05, 4.69) is 114 Å². The topological polar surface area (TPSA) is 27.7 Å². The van der Waals surface area contributed by atoms with Gasteiger partial charge in [-0.15, -0.1) is 0 Å². The average molecular weight is 848 g/mol. The van der Waals surface area contributed by atoms with Crippen molar-refractivity contribution in [1.29, 1.82) is 0 Å². The van der Waals surface area contributed by atoms with Gasteiger partial charge >= 0.3 is 0 Å². The molecule has 0 N–H and O–H groups in total. The Kier molecular flexibility index (Phi) is 10.9. The zero-order chi connectivity index (χ0) is 25.0. The fourth-order valence-corrected chi connectivity index (χ4v) is 7.61. The highest BCUT2D eigenvalue weighted by Crippen LogP contribution is 2.32. The Morgan fingerprint density at radius 3 is 0.971 bits per heavy atom. The minimum absolute atomic E-state index is 0.176. The molecule has 0 unspecified atom stereocenters. The van der Waals surface area contributed by atoms with Gasteiger partial charge in [0.2, 0.25) is 6.71 Å². The molecular formula is C24H21BBr6O3. The summed E-state index contributed by atoms with van der Waals surface area (Å²) in [6.07, 6.45) is 0.